The molecule has 0 atom stereocenters. The topological polar surface area (TPSA) is 12.0 Å². The summed E-state index contributed by atoms with van der Waals surface area (Å²) in [5, 5.41) is 7.83. The van der Waals surface area contributed by atoms with Gasteiger partial charge in [0, 0.05) is 6.54 Å². The minimum absolute atomic E-state index is 1.08. The molecule has 9 heavy (non-hydrogen) atoms. The number of hydrogen-bond donors (Lipinski definition) is 1. The lowest BCUT2D eigenvalue weighted by atomic mass is 10.1. The molecule has 1 aromatic rings. The maximum Gasteiger partial charge on any atom is 0.0216 e. The number of rotatable bonds is 0. The first-order valence-corrected chi connectivity index (χ1v) is 4.16. The van der Waals surface area contributed by atoms with Crippen molar-refractivity contribution in [3.63, 3.8) is 0 Å². The fraction of sp³-hybridized carbons (Fsp3) is 0.429. The fourth-order valence-corrected chi connectivity index (χ4v) is 2.07. The molecule has 48 valence electrons. The minimum atomic E-state index is 1.08. The Balaban J connectivity index is 2.39. The van der Waals surface area contributed by atoms with E-state index >= 15 is 0 Å². The van der Waals surface area contributed by atoms with E-state index in [9.17, 15) is 0 Å². The van der Waals surface area contributed by atoms with Crippen molar-refractivity contribution in [2.75, 3.05) is 6.54 Å². The maximum absolute atomic E-state index is 3.33. The van der Waals surface area contributed by atoms with Crippen molar-refractivity contribution in [2.45, 2.75) is 13.0 Å². The lowest BCUT2D eigenvalue weighted by Crippen LogP contribution is -2.22. The van der Waals surface area contributed by atoms with Crippen LogP contribution in [0.1, 0.15) is 11.1 Å². The summed E-state index contributed by atoms with van der Waals surface area (Å²) in [6, 6.07) is 0. The quantitative estimate of drug-likeness (QED) is 0.573. The van der Waals surface area contributed by atoms with E-state index in [0.717, 1.165) is 13.1 Å². The highest BCUT2D eigenvalue weighted by molar-refractivity contribution is 7.08. The summed E-state index contributed by atoms with van der Waals surface area (Å²) >= 11 is 1.82. The van der Waals surface area contributed by atoms with Crippen LogP contribution in [0.25, 0.3) is 0 Å². The average molecular weight is 139 g/mol. The molecule has 1 N–H and O–H groups in total. The molecule has 0 amide bonds. The summed E-state index contributed by atoms with van der Waals surface area (Å²) in [4.78, 5) is 0. The van der Waals surface area contributed by atoms with Crippen molar-refractivity contribution in [1.82, 2.24) is 5.32 Å². The summed E-state index contributed by atoms with van der Waals surface area (Å²) in [5.74, 6) is 0. The molecule has 0 unspecified atom stereocenters. The largest absolute Gasteiger partial charge is 0.312 e. The Morgan fingerprint density at radius 3 is 3.11 bits per heavy atom. The molecule has 2 rings (SSSR count). The second-order valence-electron chi connectivity index (χ2n) is 2.35. The predicted octanol–water partition coefficient (Wildman–Crippen LogP) is 1.39. The van der Waals surface area contributed by atoms with Gasteiger partial charge in [0.25, 0.3) is 0 Å². The molecule has 0 spiro atoms. The zero-order valence-corrected chi connectivity index (χ0v) is 6.00. The maximum atomic E-state index is 3.33. The van der Waals surface area contributed by atoms with Gasteiger partial charge < -0.3 is 5.32 Å². The fourth-order valence-electron chi connectivity index (χ4n) is 1.17. The highest BCUT2D eigenvalue weighted by Crippen LogP contribution is 2.17. The zero-order valence-electron chi connectivity index (χ0n) is 5.18. The van der Waals surface area contributed by atoms with Crippen LogP contribution in [0.3, 0.4) is 0 Å². The number of nitrogens with one attached hydrogen (secondary N) is 1. The lowest BCUT2D eigenvalue weighted by Gasteiger charge is -2.11. The van der Waals surface area contributed by atoms with E-state index in [-0.39, 0.29) is 0 Å². The molecule has 0 radical (unpaired) electrons. The molecule has 0 bridgehead atoms. The normalized spacial score (nSPS) is 17.3. The van der Waals surface area contributed by atoms with Crippen molar-refractivity contribution in [2.24, 2.45) is 0 Å². The molecular formula is C7H9NS. The lowest BCUT2D eigenvalue weighted by molar-refractivity contribution is 0.647. The van der Waals surface area contributed by atoms with Crippen molar-refractivity contribution in [3.8, 4) is 0 Å². The van der Waals surface area contributed by atoms with E-state index in [0.29, 0.717) is 0 Å². The molecule has 0 saturated heterocycles. The second kappa shape index (κ2) is 2.12. The van der Waals surface area contributed by atoms with Crippen LogP contribution in [-0.4, -0.2) is 6.54 Å². The summed E-state index contributed by atoms with van der Waals surface area (Å²) in [6.07, 6.45) is 1.22. The Kier molecular flexibility index (Phi) is 1.28. The third kappa shape index (κ3) is 0.884. The van der Waals surface area contributed by atoms with E-state index in [1.807, 2.05) is 11.3 Å². The summed E-state index contributed by atoms with van der Waals surface area (Å²) in [5.41, 5.74) is 3.06. The Labute approximate surface area is 58.7 Å². The van der Waals surface area contributed by atoms with Gasteiger partial charge in [0.1, 0.15) is 0 Å². The van der Waals surface area contributed by atoms with E-state index in [1.165, 1.54) is 12.0 Å². The molecule has 1 aromatic heterocycles. The Morgan fingerprint density at radius 1 is 1.33 bits per heavy atom. The number of fused-ring (bicyclic) bond motifs is 1. The van der Waals surface area contributed by atoms with E-state index in [2.05, 4.69) is 16.1 Å². The molecule has 0 fully saturated rings. The monoisotopic (exact) mass is 139 g/mol. The van der Waals surface area contributed by atoms with Gasteiger partial charge in [-0.05, 0) is 34.9 Å². The third-order valence-electron chi connectivity index (χ3n) is 1.72. The van der Waals surface area contributed by atoms with Gasteiger partial charge in [0.05, 0.1) is 0 Å². The van der Waals surface area contributed by atoms with E-state index in [1.54, 1.807) is 5.56 Å². The van der Waals surface area contributed by atoms with Crippen LogP contribution >= 0.6 is 11.3 Å². The second-order valence-corrected chi connectivity index (χ2v) is 3.09. The van der Waals surface area contributed by atoms with Crippen molar-refractivity contribution in [3.05, 3.63) is 21.9 Å². The molecular weight excluding hydrogens is 130 g/mol. The molecule has 1 aliphatic rings. The van der Waals surface area contributed by atoms with Crippen LogP contribution in [-0.2, 0) is 13.0 Å². The molecule has 1 aliphatic heterocycles. The average Bonchev–Trinajstić information content (AvgIpc) is 2.33. The molecule has 0 aliphatic carbocycles. The van der Waals surface area contributed by atoms with Crippen molar-refractivity contribution in [1.29, 1.82) is 0 Å². The first kappa shape index (κ1) is 5.45. The number of thiophene rings is 1. The molecule has 2 heterocycles. The smallest absolute Gasteiger partial charge is 0.0216 e. The van der Waals surface area contributed by atoms with E-state index < -0.39 is 0 Å². The zero-order chi connectivity index (χ0) is 6.10. The first-order chi connectivity index (χ1) is 4.47. The van der Waals surface area contributed by atoms with Gasteiger partial charge in [-0.15, -0.1) is 0 Å². The SMILES string of the molecule is c1scc2c1CCNC2. The van der Waals surface area contributed by atoms with Crippen LogP contribution in [0.15, 0.2) is 10.8 Å². The predicted molar refractivity (Wildman–Crippen MR) is 39.7 cm³/mol. The van der Waals surface area contributed by atoms with Gasteiger partial charge in [-0.1, -0.05) is 0 Å². The first-order valence-electron chi connectivity index (χ1n) is 3.21. The molecule has 0 saturated carbocycles. The summed E-state index contributed by atoms with van der Waals surface area (Å²) in [6.45, 7) is 2.24. The molecule has 1 nitrogen and oxygen atoms in total. The van der Waals surface area contributed by atoms with Crippen LogP contribution in [0.5, 0.6) is 0 Å². The molecule has 2 heteroatoms. The van der Waals surface area contributed by atoms with Gasteiger partial charge in [0.15, 0.2) is 0 Å². The van der Waals surface area contributed by atoms with Crippen molar-refractivity contribution >= 4 is 11.3 Å². The summed E-state index contributed by atoms with van der Waals surface area (Å²) < 4.78 is 0. The van der Waals surface area contributed by atoms with Crippen molar-refractivity contribution < 1.29 is 0 Å². The highest BCUT2D eigenvalue weighted by atomic mass is 32.1. The van der Waals surface area contributed by atoms with Crippen LogP contribution < -0.4 is 5.32 Å². The Bertz CT molecular complexity index is 184. The van der Waals surface area contributed by atoms with Crippen LogP contribution in [0.2, 0.25) is 0 Å². The van der Waals surface area contributed by atoms with Gasteiger partial charge in [-0.25, -0.2) is 0 Å². The Morgan fingerprint density at radius 2 is 2.22 bits per heavy atom. The number of hydrogen-bond acceptors (Lipinski definition) is 2. The molecule has 0 aromatic carbocycles. The van der Waals surface area contributed by atoms with Gasteiger partial charge >= 0.3 is 0 Å². The van der Waals surface area contributed by atoms with Crippen LogP contribution in [0, 0.1) is 0 Å². The van der Waals surface area contributed by atoms with Gasteiger partial charge in [-0.3, -0.25) is 0 Å². The van der Waals surface area contributed by atoms with Gasteiger partial charge in [-0.2, -0.15) is 11.3 Å². The highest BCUT2D eigenvalue weighted by Gasteiger charge is 2.07. The standard InChI is InChI=1S/C7H9NS/c1-2-8-3-7-5-9-4-6(1)7/h4-5,8H,1-3H2. The minimum Gasteiger partial charge on any atom is -0.312 e. The van der Waals surface area contributed by atoms with E-state index in [4.69, 9.17) is 0 Å². The summed E-state index contributed by atoms with van der Waals surface area (Å²) in [7, 11) is 0. The van der Waals surface area contributed by atoms with Crippen LogP contribution in [0.4, 0.5) is 0 Å². The Hall–Kier alpha value is -0.340. The van der Waals surface area contributed by atoms with Gasteiger partial charge in [0.2, 0.25) is 0 Å². The third-order valence-corrected chi connectivity index (χ3v) is 2.56.